The lowest BCUT2D eigenvalue weighted by Crippen LogP contribution is -2.38. The molecule has 2 N–H and O–H groups in total. The van der Waals surface area contributed by atoms with E-state index in [1.807, 2.05) is 0 Å². The predicted octanol–water partition coefficient (Wildman–Crippen LogP) is 3.07. The number of benzene rings is 1. The minimum Gasteiger partial charge on any atom is -0.435 e. The van der Waals surface area contributed by atoms with Gasteiger partial charge in [-0.1, -0.05) is 31.4 Å². The lowest BCUT2D eigenvalue weighted by Gasteiger charge is -2.21. The van der Waals surface area contributed by atoms with Crippen LogP contribution in [0.3, 0.4) is 0 Å². The Morgan fingerprint density at radius 1 is 1.15 bits per heavy atom. The van der Waals surface area contributed by atoms with Gasteiger partial charge in [0.15, 0.2) is 0 Å². The summed E-state index contributed by atoms with van der Waals surface area (Å²) in [5.74, 6) is 0.165. The highest BCUT2D eigenvalue weighted by atomic mass is 19.3. The molecule has 2 rings (SSSR count). The molecule has 3 nitrogen and oxygen atoms in total. The standard InChI is InChI=1S/C15H21F2NO2/c16-15(17)20-12-8-6-11(7-9-12)10-18-13-4-2-1-3-5-14(13)19/h6-9,13-15,18-19H,1-5,10H2. The third-order valence-corrected chi connectivity index (χ3v) is 3.70. The van der Waals surface area contributed by atoms with Gasteiger partial charge in [-0.2, -0.15) is 8.78 Å². The maximum atomic E-state index is 12.0. The summed E-state index contributed by atoms with van der Waals surface area (Å²) in [6, 6.07) is 6.70. The summed E-state index contributed by atoms with van der Waals surface area (Å²) >= 11 is 0. The number of ether oxygens (including phenoxy) is 1. The van der Waals surface area contributed by atoms with E-state index in [0.717, 1.165) is 31.2 Å². The molecule has 20 heavy (non-hydrogen) atoms. The number of hydrogen-bond acceptors (Lipinski definition) is 3. The SMILES string of the molecule is OC1CCCCCC1NCc1ccc(OC(F)F)cc1. The Balaban J connectivity index is 1.83. The first-order valence-corrected chi connectivity index (χ1v) is 7.10. The van der Waals surface area contributed by atoms with E-state index in [4.69, 9.17) is 0 Å². The third-order valence-electron chi connectivity index (χ3n) is 3.70. The molecule has 0 aromatic heterocycles. The molecule has 0 saturated heterocycles. The van der Waals surface area contributed by atoms with Crippen LogP contribution in [-0.4, -0.2) is 23.9 Å². The largest absolute Gasteiger partial charge is 0.435 e. The highest BCUT2D eigenvalue weighted by Crippen LogP contribution is 2.19. The number of alkyl halides is 2. The van der Waals surface area contributed by atoms with Crippen molar-refractivity contribution in [3.8, 4) is 5.75 Å². The van der Waals surface area contributed by atoms with E-state index in [0.29, 0.717) is 6.54 Å². The van der Waals surface area contributed by atoms with E-state index >= 15 is 0 Å². The van der Waals surface area contributed by atoms with Gasteiger partial charge in [0.2, 0.25) is 0 Å². The molecule has 1 aliphatic carbocycles. The lowest BCUT2D eigenvalue weighted by atomic mass is 10.1. The second kappa shape index (κ2) is 7.55. The van der Waals surface area contributed by atoms with Crippen molar-refractivity contribution in [3.63, 3.8) is 0 Å². The van der Waals surface area contributed by atoms with Crippen LogP contribution in [0.2, 0.25) is 0 Å². The molecule has 0 amide bonds. The molecule has 5 heteroatoms. The second-order valence-electron chi connectivity index (χ2n) is 5.22. The van der Waals surface area contributed by atoms with E-state index in [-0.39, 0.29) is 17.9 Å². The number of halogens is 2. The Morgan fingerprint density at radius 2 is 1.85 bits per heavy atom. The quantitative estimate of drug-likeness (QED) is 0.817. The van der Waals surface area contributed by atoms with Crippen molar-refractivity contribution in [2.75, 3.05) is 0 Å². The van der Waals surface area contributed by atoms with Gasteiger partial charge in [0, 0.05) is 12.6 Å². The van der Waals surface area contributed by atoms with Crippen LogP contribution >= 0.6 is 0 Å². The van der Waals surface area contributed by atoms with Gasteiger partial charge < -0.3 is 15.2 Å². The van der Waals surface area contributed by atoms with Gasteiger partial charge in [0.05, 0.1) is 6.10 Å². The van der Waals surface area contributed by atoms with Gasteiger partial charge in [-0.25, -0.2) is 0 Å². The summed E-state index contributed by atoms with van der Waals surface area (Å²) in [4.78, 5) is 0. The van der Waals surface area contributed by atoms with Crippen LogP contribution in [0.1, 0.15) is 37.7 Å². The minimum atomic E-state index is -2.79. The molecule has 1 aromatic rings. The van der Waals surface area contributed by atoms with Crippen LogP contribution in [0.25, 0.3) is 0 Å². The van der Waals surface area contributed by atoms with Crippen LogP contribution in [-0.2, 0) is 6.54 Å². The van der Waals surface area contributed by atoms with Crippen molar-refractivity contribution >= 4 is 0 Å². The molecular weight excluding hydrogens is 264 g/mol. The van der Waals surface area contributed by atoms with Crippen LogP contribution in [0.15, 0.2) is 24.3 Å². The first kappa shape index (κ1) is 15.2. The second-order valence-corrected chi connectivity index (χ2v) is 5.22. The molecule has 0 spiro atoms. The van der Waals surface area contributed by atoms with Gasteiger partial charge in [0.1, 0.15) is 5.75 Å². The van der Waals surface area contributed by atoms with Gasteiger partial charge >= 0.3 is 6.61 Å². The van der Waals surface area contributed by atoms with Crippen LogP contribution < -0.4 is 10.1 Å². The Morgan fingerprint density at radius 3 is 2.55 bits per heavy atom. The van der Waals surface area contributed by atoms with Crippen molar-refractivity contribution < 1.29 is 18.6 Å². The molecule has 1 fully saturated rings. The monoisotopic (exact) mass is 285 g/mol. The minimum absolute atomic E-state index is 0.120. The number of aliphatic hydroxyl groups is 1. The van der Waals surface area contributed by atoms with E-state index in [1.54, 1.807) is 12.1 Å². The molecule has 1 aromatic carbocycles. The van der Waals surface area contributed by atoms with E-state index < -0.39 is 6.61 Å². The van der Waals surface area contributed by atoms with Crippen molar-refractivity contribution in [1.82, 2.24) is 5.32 Å². The topological polar surface area (TPSA) is 41.5 Å². The van der Waals surface area contributed by atoms with Crippen molar-refractivity contribution in [2.24, 2.45) is 0 Å². The van der Waals surface area contributed by atoms with Crippen LogP contribution in [0.5, 0.6) is 5.75 Å². The number of aliphatic hydroxyl groups excluding tert-OH is 1. The molecule has 0 heterocycles. The molecule has 0 radical (unpaired) electrons. The van der Waals surface area contributed by atoms with E-state index in [2.05, 4.69) is 10.1 Å². The smallest absolute Gasteiger partial charge is 0.387 e. The number of rotatable bonds is 5. The maximum Gasteiger partial charge on any atom is 0.387 e. The van der Waals surface area contributed by atoms with Gasteiger partial charge in [-0.05, 0) is 30.5 Å². The predicted molar refractivity (Wildman–Crippen MR) is 72.8 cm³/mol. The van der Waals surface area contributed by atoms with E-state index in [9.17, 15) is 13.9 Å². The summed E-state index contributed by atoms with van der Waals surface area (Å²) in [5.41, 5.74) is 0.989. The summed E-state index contributed by atoms with van der Waals surface area (Å²) in [6.45, 7) is -2.17. The average molecular weight is 285 g/mol. The molecule has 112 valence electrons. The zero-order chi connectivity index (χ0) is 14.4. The van der Waals surface area contributed by atoms with E-state index in [1.165, 1.54) is 18.6 Å². The fourth-order valence-electron chi connectivity index (χ4n) is 2.56. The average Bonchev–Trinajstić information content (AvgIpc) is 2.62. The highest BCUT2D eigenvalue weighted by molar-refractivity contribution is 5.27. The first-order chi connectivity index (χ1) is 9.65. The summed E-state index contributed by atoms with van der Waals surface area (Å²) in [6.07, 6.45) is 4.93. The zero-order valence-electron chi connectivity index (χ0n) is 11.4. The zero-order valence-corrected chi connectivity index (χ0v) is 11.4. The maximum absolute atomic E-state index is 12.0. The number of hydrogen-bond donors (Lipinski definition) is 2. The summed E-state index contributed by atoms with van der Waals surface area (Å²) in [7, 11) is 0. The van der Waals surface area contributed by atoms with Crippen molar-refractivity contribution in [1.29, 1.82) is 0 Å². The van der Waals surface area contributed by atoms with Gasteiger partial charge in [-0.15, -0.1) is 0 Å². The van der Waals surface area contributed by atoms with Gasteiger partial charge in [0.25, 0.3) is 0 Å². The normalized spacial score (nSPS) is 23.6. The number of nitrogens with one attached hydrogen (secondary N) is 1. The molecular formula is C15H21F2NO2. The molecule has 2 unspecified atom stereocenters. The summed E-state index contributed by atoms with van der Waals surface area (Å²) in [5, 5.41) is 13.4. The first-order valence-electron chi connectivity index (χ1n) is 7.10. The fourth-order valence-corrected chi connectivity index (χ4v) is 2.56. The van der Waals surface area contributed by atoms with Gasteiger partial charge in [-0.3, -0.25) is 0 Å². The Kier molecular flexibility index (Phi) is 5.73. The lowest BCUT2D eigenvalue weighted by molar-refractivity contribution is -0.0498. The Bertz CT molecular complexity index is 397. The summed E-state index contributed by atoms with van der Waals surface area (Å²) < 4.78 is 28.4. The van der Waals surface area contributed by atoms with Crippen molar-refractivity contribution in [3.05, 3.63) is 29.8 Å². The third kappa shape index (κ3) is 4.72. The van der Waals surface area contributed by atoms with Crippen molar-refractivity contribution in [2.45, 2.75) is 57.4 Å². The fraction of sp³-hybridized carbons (Fsp3) is 0.600. The highest BCUT2D eigenvalue weighted by Gasteiger charge is 2.20. The van der Waals surface area contributed by atoms with Crippen LogP contribution in [0, 0.1) is 0 Å². The molecule has 0 aliphatic heterocycles. The molecule has 1 aliphatic rings. The van der Waals surface area contributed by atoms with Crippen LogP contribution in [0.4, 0.5) is 8.78 Å². The Hall–Kier alpha value is -1.20. The molecule has 0 bridgehead atoms. The Labute approximate surface area is 117 Å². The molecule has 1 saturated carbocycles. The molecule has 2 atom stereocenters.